The molecule has 0 amide bonds. The van der Waals surface area contributed by atoms with Gasteiger partial charge in [0.25, 0.3) is 0 Å². The van der Waals surface area contributed by atoms with Gasteiger partial charge in [0.15, 0.2) is 0 Å². The summed E-state index contributed by atoms with van der Waals surface area (Å²) in [4.78, 5) is 3.98. The Labute approximate surface area is 89.6 Å². The fraction of sp³-hybridized carbons (Fsp3) is 0.250. The molecule has 0 bridgehead atoms. The van der Waals surface area contributed by atoms with E-state index >= 15 is 0 Å². The molecule has 3 nitrogen and oxygen atoms in total. The summed E-state index contributed by atoms with van der Waals surface area (Å²) in [6.45, 7) is 0.971. The first kappa shape index (κ1) is 9.77. The average Bonchev–Trinajstić information content (AvgIpc) is 2.66. The minimum absolute atomic E-state index is 0.592. The van der Waals surface area contributed by atoms with Crippen molar-refractivity contribution in [3.05, 3.63) is 48.4 Å². The van der Waals surface area contributed by atoms with Crippen LogP contribution in [0.5, 0.6) is 0 Å². The molecule has 0 aliphatic carbocycles. The van der Waals surface area contributed by atoms with Crippen LogP contribution in [0.3, 0.4) is 0 Å². The molecule has 15 heavy (non-hydrogen) atoms. The topological polar surface area (TPSA) is 43.8 Å². The van der Waals surface area contributed by atoms with Gasteiger partial charge in [0.2, 0.25) is 0 Å². The number of nitrogens with two attached hydrogens (primary N) is 1. The number of rotatable bonds is 4. The number of nitrogens with zero attached hydrogens (tertiary/aromatic N) is 2. The SMILES string of the molecule is Nc1cn(CCCc2ccccc2)cn1. The Hall–Kier alpha value is -1.77. The van der Waals surface area contributed by atoms with Crippen molar-refractivity contribution in [3.63, 3.8) is 0 Å². The maximum atomic E-state index is 5.53. The molecule has 2 rings (SSSR count). The van der Waals surface area contributed by atoms with Crippen LogP contribution in [0.15, 0.2) is 42.9 Å². The lowest BCUT2D eigenvalue weighted by Gasteiger charge is -2.02. The maximum Gasteiger partial charge on any atom is 0.141 e. The first-order chi connectivity index (χ1) is 7.34. The van der Waals surface area contributed by atoms with Crippen LogP contribution in [0.2, 0.25) is 0 Å². The van der Waals surface area contributed by atoms with Crippen LogP contribution in [0.1, 0.15) is 12.0 Å². The van der Waals surface area contributed by atoms with Crippen molar-refractivity contribution < 1.29 is 0 Å². The van der Waals surface area contributed by atoms with Crippen LogP contribution < -0.4 is 5.73 Å². The van der Waals surface area contributed by atoms with Gasteiger partial charge < -0.3 is 10.3 Å². The van der Waals surface area contributed by atoms with Crippen molar-refractivity contribution in [2.24, 2.45) is 0 Å². The van der Waals surface area contributed by atoms with Crippen LogP contribution in [-0.2, 0) is 13.0 Å². The molecule has 3 heteroatoms. The number of aryl methyl sites for hydroxylation is 2. The van der Waals surface area contributed by atoms with E-state index in [0.29, 0.717) is 5.82 Å². The third kappa shape index (κ3) is 2.84. The van der Waals surface area contributed by atoms with E-state index in [0.717, 1.165) is 19.4 Å². The molecule has 1 aromatic heterocycles. The van der Waals surface area contributed by atoms with E-state index in [2.05, 4.69) is 29.2 Å². The molecule has 0 unspecified atom stereocenters. The smallest absolute Gasteiger partial charge is 0.141 e. The van der Waals surface area contributed by atoms with Crippen molar-refractivity contribution >= 4 is 5.82 Å². The first-order valence-corrected chi connectivity index (χ1v) is 5.16. The molecule has 0 radical (unpaired) electrons. The Balaban J connectivity index is 1.80. The summed E-state index contributed by atoms with van der Waals surface area (Å²) in [5.41, 5.74) is 6.91. The Morgan fingerprint density at radius 3 is 2.67 bits per heavy atom. The van der Waals surface area contributed by atoms with E-state index in [-0.39, 0.29) is 0 Å². The number of aromatic nitrogens is 2. The highest BCUT2D eigenvalue weighted by molar-refractivity contribution is 5.22. The summed E-state index contributed by atoms with van der Waals surface area (Å²) in [6, 6.07) is 10.5. The van der Waals surface area contributed by atoms with Gasteiger partial charge >= 0.3 is 0 Å². The summed E-state index contributed by atoms with van der Waals surface area (Å²) in [5.74, 6) is 0.592. The molecule has 0 saturated carbocycles. The summed E-state index contributed by atoms with van der Waals surface area (Å²) >= 11 is 0. The number of imidazole rings is 1. The lowest BCUT2D eigenvalue weighted by molar-refractivity contribution is 0.642. The highest BCUT2D eigenvalue weighted by Gasteiger charge is 1.95. The number of benzene rings is 1. The van der Waals surface area contributed by atoms with Crippen molar-refractivity contribution in [1.82, 2.24) is 9.55 Å². The Morgan fingerprint density at radius 2 is 2.00 bits per heavy atom. The zero-order valence-corrected chi connectivity index (χ0v) is 8.63. The van der Waals surface area contributed by atoms with Gasteiger partial charge in [-0.3, -0.25) is 0 Å². The third-order valence-electron chi connectivity index (χ3n) is 2.38. The Kier molecular flexibility index (Phi) is 3.02. The van der Waals surface area contributed by atoms with Gasteiger partial charge in [0.1, 0.15) is 5.82 Å². The maximum absolute atomic E-state index is 5.53. The lowest BCUT2D eigenvalue weighted by Crippen LogP contribution is -1.96. The standard InChI is InChI=1S/C12H15N3/c13-12-9-15(10-14-12)8-4-7-11-5-2-1-3-6-11/h1-3,5-6,9-10H,4,7-8,13H2. The van der Waals surface area contributed by atoms with Gasteiger partial charge in [-0.05, 0) is 18.4 Å². The predicted molar refractivity (Wildman–Crippen MR) is 61.4 cm³/mol. The van der Waals surface area contributed by atoms with Gasteiger partial charge in [0.05, 0.1) is 6.33 Å². The minimum Gasteiger partial charge on any atom is -0.382 e. The second-order valence-electron chi connectivity index (χ2n) is 3.63. The van der Waals surface area contributed by atoms with E-state index in [1.807, 2.05) is 16.8 Å². The molecule has 1 aromatic carbocycles. The van der Waals surface area contributed by atoms with E-state index in [9.17, 15) is 0 Å². The minimum atomic E-state index is 0.592. The normalized spacial score (nSPS) is 10.4. The molecule has 0 atom stereocenters. The van der Waals surface area contributed by atoms with Gasteiger partial charge in [-0.15, -0.1) is 0 Å². The summed E-state index contributed by atoms with van der Waals surface area (Å²) in [6.07, 6.45) is 5.85. The van der Waals surface area contributed by atoms with Gasteiger partial charge in [-0.1, -0.05) is 30.3 Å². The Morgan fingerprint density at radius 1 is 1.20 bits per heavy atom. The van der Waals surface area contributed by atoms with Gasteiger partial charge in [-0.25, -0.2) is 4.98 Å². The zero-order valence-electron chi connectivity index (χ0n) is 8.63. The molecule has 0 aliphatic heterocycles. The fourth-order valence-corrected chi connectivity index (χ4v) is 1.61. The number of anilines is 1. The van der Waals surface area contributed by atoms with Crippen LogP contribution in [-0.4, -0.2) is 9.55 Å². The largest absolute Gasteiger partial charge is 0.382 e. The molecule has 0 aliphatic rings. The second kappa shape index (κ2) is 4.64. The van der Waals surface area contributed by atoms with Crippen molar-refractivity contribution in [2.45, 2.75) is 19.4 Å². The van der Waals surface area contributed by atoms with E-state index in [1.54, 1.807) is 6.33 Å². The first-order valence-electron chi connectivity index (χ1n) is 5.16. The van der Waals surface area contributed by atoms with Crippen molar-refractivity contribution in [2.75, 3.05) is 5.73 Å². The molecule has 0 fully saturated rings. The van der Waals surface area contributed by atoms with Crippen LogP contribution >= 0.6 is 0 Å². The van der Waals surface area contributed by atoms with E-state index in [1.165, 1.54) is 5.56 Å². The predicted octanol–water partition coefficient (Wildman–Crippen LogP) is 2.10. The zero-order chi connectivity index (χ0) is 10.5. The average molecular weight is 201 g/mol. The van der Waals surface area contributed by atoms with E-state index < -0.39 is 0 Å². The quantitative estimate of drug-likeness (QED) is 0.823. The molecule has 2 N–H and O–H groups in total. The van der Waals surface area contributed by atoms with Crippen LogP contribution in [0.25, 0.3) is 0 Å². The molecule has 0 spiro atoms. The molecular formula is C12H15N3. The summed E-state index contributed by atoms with van der Waals surface area (Å²) in [5, 5.41) is 0. The van der Waals surface area contributed by atoms with Gasteiger partial charge in [-0.2, -0.15) is 0 Å². The molecule has 1 heterocycles. The van der Waals surface area contributed by atoms with E-state index in [4.69, 9.17) is 5.73 Å². The lowest BCUT2D eigenvalue weighted by atomic mass is 10.1. The van der Waals surface area contributed by atoms with Crippen molar-refractivity contribution in [3.8, 4) is 0 Å². The van der Waals surface area contributed by atoms with Crippen LogP contribution in [0, 0.1) is 0 Å². The Bertz CT molecular complexity index is 406. The fourth-order valence-electron chi connectivity index (χ4n) is 1.61. The number of hydrogen-bond acceptors (Lipinski definition) is 2. The summed E-state index contributed by atoms with van der Waals surface area (Å²) < 4.78 is 2.03. The number of hydrogen-bond donors (Lipinski definition) is 1. The summed E-state index contributed by atoms with van der Waals surface area (Å²) in [7, 11) is 0. The third-order valence-corrected chi connectivity index (χ3v) is 2.38. The van der Waals surface area contributed by atoms with Gasteiger partial charge in [0, 0.05) is 12.7 Å². The molecule has 0 saturated heterocycles. The molecule has 2 aromatic rings. The molecular weight excluding hydrogens is 186 g/mol. The molecule has 78 valence electrons. The highest BCUT2D eigenvalue weighted by atomic mass is 15.1. The van der Waals surface area contributed by atoms with Crippen molar-refractivity contribution in [1.29, 1.82) is 0 Å². The number of nitrogen functional groups attached to an aromatic ring is 1. The second-order valence-corrected chi connectivity index (χ2v) is 3.63. The monoisotopic (exact) mass is 201 g/mol. The highest BCUT2D eigenvalue weighted by Crippen LogP contribution is 2.04. The van der Waals surface area contributed by atoms with Crippen LogP contribution in [0.4, 0.5) is 5.82 Å².